The number of benzene rings is 4. The zero-order valence-corrected chi connectivity index (χ0v) is 21.4. The number of carbonyl (C=O) groups excluding carboxylic acids is 1. The third kappa shape index (κ3) is 5.87. The summed E-state index contributed by atoms with van der Waals surface area (Å²) in [6.07, 6.45) is 1.62. The number of nitrogens with one attached hydrogen (secondary N) is 1. The molecule has 6 heteroatoms. The Bertz CT molecular complexity index is 1360. The molecule has 0 saturated heterocycles. The molecule has 1 aliphatic carbocycles. The fraction of sp³-hybridized carbons (Fsp3) is 0.161. The lowest BCUT2D eigenvalue weighted by Gasteiger charge is -2.13. The van der Waals surface area contributed by atoms with Gasteiger partial charge in [0.1, 0.15) is 6.61 Å². The molecule has 0 heterocycles. The van der Waals surface area contributed by atoms with Gasteiger partial charge in [-0.1, -0.05) is 78.9 Å². The van der Waals surface area contributed by atoms with Gasteiger partial charge >= 0.3 is 0 Å². The Morgan fingerprint density at radius 3 is 2.24 bits per heavy atom. The molecule has 5 nitrogen and oxygen atoms in total. The number of hydrogen-bond acceptors (Lipinski definition) is 5. The molecule has 1 amide bonds. The van der Waals surface area contributed by atoms with Crippen molar-refractivity contribution in [1.82, 2.24) is 5.43 Å². The van der Waals surface area contributed by atoms with Crippen LogP contribution in [0.25, 0.3) is 11.1 Å². The van der Waals surface area contributed by atoms with Crippen molar-refractivity contribution in [3.05, 3.63) is 119 Å². The number of hydrazone groups is 1. The number of amides is 1. The number of hydrogen-bond donors (Lipinski definition) is 1. The monoisotopic (exact) mass is 508 g/mol. The predicted molar refractivity (Wildman–Crippen MR) is 150 cm³/mol. The first-order chi connectivity index (χ1) is 18.2. The zero-order chi connectivity index (χ0) is 25.5. The van der Waals surface area contributed by atoms with Crippen molar-refractivity contribution >= 4 is 23.9 Å². The Labute approximate surface area is 221 Å². The predicted octanol–water partition coefficient (Wildman–Crippen LogP) is 6.62. The van der Waals surface area contributed by atoms with Gasteiger partial charge in [-0.05, 0) is 58.5 Å². The Morgan fingerprint density at radius 2 is 1.54 bits per heavy atom. The second-order valence-electron chi connectivity index (χ2n) is 8.57. The molecular weight excluding hydrogens is 480 g/mol. The molecule has 0 fully saturated rings. The molecule has 0 unspecified atom stereocenters. The van der Waals surface area contributed by atoms with E-state index in [4.69, 9.17) is 9.47 Å². The highest BCUT2D eigenvalue weighted by Crippen LogP contribution is 2.49. The summed E-state index contributed by atoms with van der Waals surface area (Å²) in [5.74, 6) is 1.47. The van der Waals surface area contributed by atoms with Gasteiger partial charge in [-0.15, -0.1) is 11.8 Å². The minimum absolute atomic E-state index is 0.138. The molecule has 0 aromatic heterocycles. The van der Waals surface area contributed by atoms with E-state index in [1.165, 1.54) is 22.3 Å². The molecule has 0 spiro atoms. The van der Waals surface area contributed by atoms with Gasteiger partial charge in [0.15, 0.2) is 11.5 Å². The van der Waals surface area contributed by atoms with Gasteiger partial charge in [-0.25, -0.2) is 5.43 Å². The minimum Gasteiger partial charge on any atom is -0.490 e. The summed E-state index contributed by atoms with van der Waals surface area (Å²) in [4.78, 5) is 12.6. The lowest BCUT2D eigenvalue weighted by molar-refractivity contribution is -0.118. The fourth-order valence-electron chi connectivity index (χ4n) is 4.39. The van der Waals surface area contributed by atoms with Gasteiger partial charge in [0.05, 0.1) is 23.8 Å². The van der Waals surface area contributed by atoms with Gasteiger partial charge in [0.2, 0.25) is 5.91 Å². The number of carbonyl (C=O) groups is 1. The standard InChI is InChI=1S/C31H28N2O3S/c1-2-35-29-18-23(16-17-28(29)36-20-22-10-4-3-5-11-22)19-32-33-30(34)21-37-31-26-14-8-6-12-24(26)25-13-7-9-15-27(25)31/h3-19,31H,2,20-21H2,1H3,(H,33,34)/b32-19+. The van der Waals surface area contributed by atoms with Crippen LogP contribution in [0.3, 0.4) is 0 Å². The largest absolute Gasteiger partial charge is 0.490 e. The first-order valence-corrected chi connectivity index (χ1v) is 13.3. The molecular formula is C31H28N2O3S. The van der Waals surface area contributed by atoms with E-state index in [0.717, 1.165) is 11.1 Å². The van der Waals surface area contributed by atoms with Crippen LogP contribution in [0.1, 0.15) is 34.4 Å². The average molecular weight is 509 g/mol. The van der Waals surface area contributed by atoms with Crippen LogP contribution in [-0.4, -0.2) is 24.5 Å². The van der Waals surface area contributed by atoms with Crippen molar-refractivity contribution in [2.75, 3.05) is 12.4 Å². The second kappa shape index (κ2) is 11.8. The third-order valence-electron chi connectivity index (χ3n) is 6.07. The van der Waals surface area contributed by atoms with Gasteiger partial charge in [0.25, 0.3) is 0 Å². The molecule has 4 aromatic rings. The van der Waals surface area contributed by atoms with E-state index in [9.17, 15) is 4.79 Å². The Morgan fingerprint density at radius 1 is 0.865 bits per heavy atom. The minimum atomic E-state index is -0.143. The number of nitrogens with zero attached hydrogens (tertiary/aromatic N) is 1. The van der Waals surface area contributed by atoms with Crippen LogP contribution in [-0.2, 0) is 11.4 Å². The van der Waals surface area contributed by atoms with Crippen LogP contribution in [0.5, 0.6) is 11.5 Å². The van der Waals surface area contributed by atoms with Crippen LogP contribution >= 0.6 is 11.8 Å². The van der Waals surface area contributed by atoms with Gasteiger partial charge in [-0.3, -0.25) is 4.79 Å². The van der Waals surface area contributed by atoms with Crippen molar-refractivity contribution in [3.63, 3.8) is 0 Å². The van der Waals surface area contributed by atoms with E-state index in [1.807, 2.05) is 55.5 Å². The highest BCUT2D eigenvalue weighted by atomic mass is 32.2. The van der Waals surface area contributed by atoms with Crippen LogP contribution in [0.15, 0.2) is 102 Å². The van der Waals surface area contributed by atoms with Gasteiger partial charge in [0, 0.05) is 0 Å². The Balaban J connectivity index is 1.18. The van der Waals surface area contributed by atoms with E-state index < -0.39 is 0 Å². The SMILES string of the molecule is CCOc1cc(/C=N/NC(=O)CSC2c3ccccc3-c3ccccc32)ccc1OCc1ccccc1. The summed E-state index contributed by atoms with van der Waals surface area (Å²) < 4.78 is 11.7. The number of ether oxygens (including phenoxy) is 2. The molecule has 186 valence electrons. The summed E-state index contributed by atoms with van der Waals surface area (Å²) in [5, 5.41) is 4.30. The number of rotatable bonds is 10. The normalized spacial score (nSPS) is 12.2. The van der Waals surface area contributed by atoms with E-state index in [1.54, 1.807) is 18.0 Å². The van der Waals surface area contributed by atoms with E-state index in [0.29, 0.717) is 30.5 Å². The number of thioether (sulfide) groups is 1. The van der Waals surface area contributed by atoms with E-state index >= 15 is 0 Å². The molecule has 0 radical (unpaired) electrons. The van der Waals surface area contributed by atoms with Crippen LogP contribution < -0.4 is 14.9 Å². The van der Waals surface area contributed by atoms with Crippen LogP contribution in [0.2, 0.25) is 0 Å². The molecule has 5 rings (SSSR count). The maximum Gasteiger partial charge on any atom is 0.250 e. The Hall–Kier alpha value is -4.03. The summed E-state index contributed by atoms with van der Waals surface area (Å²) in [5.41, 5.74) is 9.54. The molecule has 4 aromatic carbocycles. The summed E-state index contributed by atoms with van der Waals surface area (Å²) in [7, 11) is 0. The van der Waals surface area contributed by atoms with Crippen molar-refractivity contribution in [3.8, 4) is 22.6 Å². The highest BCUT2D eigenvalue weighted by molar-refractivity contribution is 8.00. The molecule has 0 aliphatic heterocycles. The fourth-order valence-corrected chi connectivity index (χ4v) is 5.54. The quantitative estimate of drug-likeness (QED) is 0.193. The van der Waals surface area contributed by atoms with Gasteiger partial charge < -0.3 is 9.47 Å². The average Bonchev–Trinajstić information content (AvgIpc) is 3.26. The molecule has 37 heavy (non-hydrogen) atoms. The molecule has 0 saturated carbocycles. The van der Waals surface area contributed by atoms with Crippen molar-refractivity contribution in [2.45, 2.75) is 18.8 Å². The smallest absolute Gasteiger partial charge is 0.250 e. The zero-order valence-electron chi connectivity index (χ0n) is 20.6. The maximum absolute atomic E-state index is 12.6. The summed E-state index contributed by atoms with van der Waals surface area (Å²) in [6, 6.07) is 32.4. The summed E-state index contributed by atoms with van der Waals surface area (Å²) in [6.45, 7) is 2.91. The van der Waals surface area contributed by atoms with E-state index in [-0.39, 0.29) is 11.2 Å². The number of fused-ring (bicyclic) bond motifs is 3. The first kappa shape index (κ1) is 24.7. The maximum atomic E-state index is 12.6. The van der Waals surface area contributed by atoms with Crippen molar-refractivity contribution in [1.29, 1.82) is 0 Å². The molecule has 1 N–H and O–H groups in total. The molecule has 1 aliphatic rings. The molecule has 0 bridgehead atoms. The molecule has 0 atom stereocenters. The van der Waals surface area contributed by atoms with E-state index in [2.05, 4.69) is 59.1 Å². The lowest BCUT2D eigenvalue weighted by Crippen LogP contribution is -2.20. The second-order valence-corrected chi connectivity index (χ2v) is 9.67. The van der Waals surface area contributed by atoms with Gasteiger partial charge in [-0.2, -0.15) is 5.10 Å². The van der Waals surface area contributed by atoms with Crippen LogP contribution in [0, 0.1) is 0 Å². The highest BCUT2D eigenvalue weighted by Gasteiger charge is 2.28. The van der Waals surface area contributed by atoms with Crippen molar-refractivity contribution in [2.24, 2.45) is 5.10 Å². The Kier molecular flexibility index (Phi) is 7.87. The van der Waals surface area contributed by atoms with Crippen molar-refractivity contribution < 1.29 is 14.3 Å². The first-order valence-electron chi connectivity index (χ1n) is 12.3. The third-order valence-corrected chi connectivity index (χ3v) is 7.34. The van der Waals surface area contributed by atoms with Crippen LogP contribution in [0.4, 0.5) is 0 Å². The summed E-state index contributed by atoms with van der Waals surface area (Å²) >= 11 is 1.62. The lowest BCUT2D eigenvalue weighted by atomic mass is 10.1. The topological polar surface area (TPSA) is 59.9 Å².